The molecule has 1 aromatic carbocycles. The molecule has 0 amide bonds. The molecule has 80 valence electrons. The van der Waals surface area contributed by atoms with Crippen molar-refractivity contribution in [2.24, 2.45) is 0 Å². The summed E-state index contributed by atoms with van der Waals surface area (Å²) < 4.78 is 10.8. The van der Waals surface area contributed by atoms with E-state index in [1.165, 1.54) is 5.56 Å². The lowest BCUT2D eigenvalue weighted by Crippen LogP contribution is -2.05. The summed E-state index contributed by atoms with van der Waals surface area (Å²) in [4.78, 5) is 0. The normalized spacial score (nSPS) is 21.0. The largest absolute Gasteiger partial charge is 0.371 e. The third kappa shape index (κ3) is 2.91. The van der Waals surface area contributed by atoms with Gasteiger partial charge in [0, 0.05) is 0 Å². The SMILES string of the molecule is C=Cc1ccc(C(C)OCC2CO2)cc1. The Morgan fingerprint density at radius 3 is 2.73 bits per heavy atom. The highest BCUT2D eigenvalue weighted by molar-refractivity contribution is 5.47. The summed E-state index contributed by atoms with van der Waals surface area (Å²) >= 11 is 0. The average molecular weight is 204 g/mol. The molecular weight excluding hydrogens is 188 g/mol. The first-order chi connectivity index (χ1) is 7.29. The molecule has 1 aromatic rings. The lowest BCUT2D eigenvalue weighted by molar-refractivity contribution is 0.0540. The van der Waals surface area contributed by atoms with Gasteiger partial charge in [-0.1, -0.05) is 36.9 Å². The van der Waals surface area contributed by atoms with E-state index in [1.807, 2.05) is 6.08 Å². The molecule has 0 aliphatic carbocycles. The van der Waals surface area contributed by atoms with E-state index >= 15 is 0 Å². The van der Waals surface area contributed by atoms with Crippen LogP contribution in [0, 0.1) is 0 Å². The van der Waals surface area contributed by atoms with Crippen LogP contribution in [0.2, 0.25) is 0 Å². The molecule has 2 nitrogen and oxygen atoms in total. The minimum atomic E-state index is 0.132. The molecule has 2 unspecified atom stereocenters. The van der Waals surface area contributed by atoms with E-state index in [1.54, 1.807) is 0 Å². The van der Waals surface area contributed by atoms with Crippen LogP contribution in [0.4, 0.5) is 0 Å². The maximum absolute atomic E-state index is 5.67. The number of epoxide rings is 1. The zero-order chi connectivity index (χ0) is 10.7. The third-order valence-electron chi connectivity index (χ3n) is 2.58. The zero-order valence-electron chi connectivity index (χ0n) is 8.98. The number of hydrogen-bond acceptors (Lipinski definition) is 2. The Morgan fingerprint density at radius 1 is 1.53 bits per heavy atom. The van der Waals surface area contributed by atoms with Gasteiger partial charge < -0.3 is 9.47 Å². The van der Waals surface area contributed by atoms with Gasteiger partial charge in [-0.05, 0) is 18.1 Å². The molecule has 2 rings (SSSR count). The maximum atomic E-state index is 5.67. The number of rotatable bonds is 5. The van der Waals surface area contributed by atoms with Gasteiger partial charge in [0.1, 0.15) is 6.10 Å². The molecule has 1 heterocycles. The standard InChI is InChI=1S/C13H16O2/c1-3-11-4-6-12(7-5-11)10(2)14-8-13-9-15-13/h3-7,10,13H,1,8-9H2,2H3. The summed E-state index contributed by atoms with van der Waals surface area (Å²) in [6, 6.07) is 8.26. The van der Waals surface area contributed by atoms with Crippen molar-refractivity contribution in [3.63, 3.8) is 0 Å². The highest BCUT2D eigenvalue weighted by Crippen LogP contribution is 2.20. The van der Waals surface area contributed by atoms with Crippen LogP contribution in [0.1, 0.15) is 24.2 Å². The molecule has 1 aliphatic heterocycles. The quantitative estimate of drug-likeness (QED) is 0.688. The van der Waals surface area contributed by atoms with Crippen molar-refractivity contribution >= 4 is 6.08 Å². The van der Waals surface area contributed by atoms with Gasteiger partial charge >= 0.3 is 0 Å². The van der Waals surface area contributed by atoms with Crippen LogP contribution >= 0.6 is 0 Å². The first-order valence-corrected chi connectivity index (χ1v) is 5.25. The number of hydrogen-bond donors (Lipinski definition) is 0. The summed E-state index contributed by atoms with van der Waals surface area (Å²) in [5.41, 5.74) is 2.33. The van der Waals surface area contributed by atoms with Crippen molar-refractivity contribution in [3.8, 4) is 0 Å². The van der Waals surface area contributed by atoms with Crippen molar-refractivity contribution in [1.82, 2.24) is 0 Å². The summed E-state index contributed by atoms with van der Waals surface area (Å²) in [7, 11) is 0. The summed E-state index contributed by atoms with van der Waals surface area (Å²) in [5, 5.41) is 0. The molecule has 0 radical (unpaired) electrons. The van der Waals surface area contributed by atoms with Crippen molar-refractivity contribution < 1.29 is 9.47 Å². The number of ether oxygens (including phenoxy) is 2. The Bertz CT molecular complexity index is 325. The fourth-order valence-corrected chi connectivity index (χ4v) is 1.42. The Labute approximate surface area is 90.5 Å². The molecule has 0 bridgehead atoms. The second kappa shape index (κ2) is 4.60. The van der Waals surface area contributed by atoms with Gasteiger partial charge in [-0.2, -0.15) is 0 Å². The average Bonchev–Trinajstić information content (AvgIpc) is 3.10. The van der Waals surface area contributed by atoms with Crippen LogP contribution in [-0.4, -0.2) is 19.3 Å². The molecular formula is C13H16O2. The molecule has 2 atom stereocenters. The van der Waals surface area contributed by atoms with Gasteiger partial charge in [-0.25, -0.2) is 0 Å². The highest BCUT2D eigenvalue weighted by atomic mass is 16.6. The monoisotopic (exact) mass is 204 g/mol. The van der Waals surface area contributed by atoms with E-state index in [4.69, 9.17) is 9.47 Å². The highest BCUT2D eigenvalue weighted by Gasteiger charge is 2.23. The van der Waals surface area contributed by atoms with E-state index in [9.17, 15) is 0 Å². The zero-order valence-corrected chi connectivity index (χ0v) is 8.98. The molecule has 0 spiro atoms. The van der Waals surface area contributed by atoms with Crippen LogP contribution in [0.3, 0.4) is 0 Å². The maximum Gasteiger partial charge on any atom is 0.104 e. The van der Waals surface area contributed by atoms with Crippen LogP contribution in [0.15, 0.2) is 30.8 Å². The molecule has 1 saturated heterocycles. The minimum Gasteiger partial charge on any atom is -0.371 e. The van der Waals surface area contributed by atoms with Crippen LogP contribution in [-0.2, 0) is 9.47 Å². The summed E-state index contributed by atoms with van der Waals surface area (Å²) in [6.07, 6.45) is 2.31. The fourth-order valence-electron chi connectivity index (χ4n) is 1.42. The fraction of sp³-hybridized carbons (Fsp3) is 0.385. The van der Waals surface area contributed by atoms with Crippen LogP contribution < -0.4 is 0 Å². The van der Waals surface area contributed by atoms with E-state index in [2.05, 4.69) is 37.8 Å². The van der Waals surface area contributed by atoms with Gasteiger partial charge in [0.05, 0.1) is 19.3 Å². The molecule has 0 N–H and O–H groups in total. The lowest BCUT2D eigenvalue weighted by atomic mass is 10.1. The minimum absolute atomic E-state index is 0.132. The number of benzene rings is 1. The predicted octanol–water partition coefficient (Wildman–Crippen LogP) is 2.81. The smallest absolute Gasteiger partial charge is 0.104 e. The molecule has 2 heteroatoms. The Balaban J connectivity index is 1.91. The molecule has 1 fully saturated rings. The van der Waals surface area contributed by atoms with E-state index in [-0.39, 0.29) is 6.10 Å². The van der Waals surface area contributed by atoms with Gasteiger partial charge in [0.2, 0.25) is 0 Å². The van der Waals surface area contributed by atoms with E-state index < -0.39 is 0 Å². The van der Waals surface area contributed by atoms with Gasteiger partial charge in [-0.3, -0.25) is 0 Å². The van der Waals surface area contributed by atoms with E-state index in [0.29, 0.717) is 12.7 Å². The predicted molar refractivity (Wildman–Crippen MR) is 60.6 cm³/mol. The van der Waals surface area contributed by atoms with Gasteiger partial charge in [0.25, 0.3) is 0 Å². The summed E-state index contributed by atoms with van der Waals surface area (Å²) in [5.74, 6) is 0. The van der Waals surface area contributed by atoms with Gasteiger partial charge in [-0.15, -0.1) is 0 Å². The Hall–Kier alpha value is -1.12. The first-order valence-electron chi connectivity index (χ1n) is 5.25. The third-order valence-corrected chi connectivity index (χ3v) is 2.58. The Morgan fingerprint density at radius 2 is 2.20 bits per heavy atom. The first kappa shape index (κ1) is 10.4. The topological polar surface area (TPSA) is 21.8 Å². The second-order valence-electron chi connectivity index (χ2n) is 3.80. The van der Waals surface area contributed by atoms with E-state index in [0.717, 1.165) is 12.2 Å². The molecule has 1 aliphatic rings. The lowest BCUT2D eigenvalue weighted by Gasteiger charge is -2.12. The van der Waals surface area contributed by atoms with Crippen molar-refractivity contribution in [2.45, 2.75) is 19.1 Å². The molecule has 0 aromatic heterocycles. The van der Waals surface area contributed by atoms with Crippen LogP contribution in [0.5, 0.6) is 0 Å². The van der Waals surface area contributed by atoms with Crippen molar-refractivity contribution in [1.29, 1.82) is 0 Å². The summed E-state index contributed by atoms with van der Waals surface area (Å²) in [6.45, 7) is 7.33. The van der Waals surface area contributed by atoms with Crippen molar-refractivity contribution in [3.05, 3.63) is 42.0 Å². The van der Waals surface area contributed by atoms with Crippen molar-refractivity contribution in [2.75, 3.05) is 13.2 Å². The molecule has 0 saturated carbocycles. The van der Waals surface area contributed by atoms with Gasteiger partial charge in [0.15, 0.2) is 0 Å². The Kier molecular flexibility index (Phi) is 3.19. The van der Waals surface area contributed by atoms with Crippen LogP contribution in [0.25, 0.3) is 6.08 Å². The molecule has 15 heavy (non-hydrogen) atoms. The second-order valence-corrected chi connectivity index (χ2v) is 3.80.